The average Bonchev–Trinajstić information content (AvgIpc) is 2.54. The zero-order valence-corrected chi connectivity index (χ0v) is 17.9. The molecule has 128 valence electrons. The summed E-state index contributed by atoms with van der Waals surface area (Å²) in [4.78, 5) is 12.5. The Bertz CT molecular complexity index is 719. The average molecular weight is 551 g/mol. The maximum atomic E-state index is 12.5. The summed E-state index contributed by atoms with van der Waals surface area (Å²) in [5, 5.41) is 2.91. The van der Waals surface area contributed by atoms with Crippen LogP contribution in [0.25, 0.3) is 0 Å². The molecule has 2 aromatic carbocycles. The summed E-state index contributed by atoms with van der Waals surface area (Å²) < 4.78 is 13.4. The fourth-order valence-electron chi connectivity index (χ4n) is 2.08. The van der Waals surface area contributed by atoms with Gasteiger partial charge in [0.05, 0.1) is 16.8 Å². The smallest absolute Gasteiger partial charge is 0.255 e. The van der Waals surface area contributed by atoms with Crippen molar-refractivity contribution in [2.75, 3.05) is 18.5 Å². The molecule has 0 fully saturated rings. The van der Waals surface area contributed by atoms with E-state index in [0.717, 1.165) is 19.2 Å². The van der Waals surface area contributed by atoms with Crippen LogP contribution in [0.1, 0.15) is 30.6 Å². The van der Waals surface area contributed by atoms with Gasteiger partial charge in [0.15, 0.2) is 11.5 Å². The highest BCUT2D eigenvalue weighted by molar-refractivity contribution is 14.1. The third kappa shape index (κ3) is 5.23. The summed E-state index contributed by atoms with van der Waals surface area (Å²) in [5.74, 6) is 1.13. The van der Waals surface area contributed by atoms with Crippen molar-refractivity contribution in [1.82, 2.24) is 0 Å². The number of hydrogen-bond donors (Lipinski definition) is 1. The van der Waals surface area contributed by atoms with Gasteiger partial charge in [-0.3, -0.25) is 4.79 Å². The normalized spacial score (nSPS) is 10.3. The van der Waals surface area contributed by atoms with Gasteiger partial charge in [-0.05, 0) is 88.9 Å². The van der Waals surface area contributed by atoms with Gasteiger partial charge in [-0.25, -0.2) is 0 Å². The molecule has 2 rings (SSSR count). The Kier molecular flexibility index (Phi) is 7.60. The van der Waals surface area contributed by atoms with Gasteiger partial charge < -0.3 is 14.8 Å². The molecule has 2 aromatic rings. The molecule has 0 heterocycles. The lowest BCUT2D eigenvalue weighted by Crippen LogP contribution is -2.13. The molecule has 0 radical (unpaired) electrons. The highest BCUT2D eigenvalue weighted by atomic mass is 127. The van der Waals surface area contributed by atoms with Crippen LogP contribution in [0.5, 0.6) is 11.5 Å². The molecule has 0 aliphatic carbocycles. The summed E-state index contributed by atoms with van der Waals surface area (Å²) in [6.07, 6.45) is 0.913. The Hall–Kier alpha value is -1.03. The topological polar surface area (TPSA) is 47.6 Å². The minimum Gasteiger partial charge on any atom is -0.490 e. The summed E-state index contributed by atoms with van der Waals surface area (Å²) in [5.41, 5.74) is 1.32. The van der Waals surface area contributed by atoms with E-state index in [1.54, 1.807) is 6.07 Å². The van der Waals surface area contributed by atoms with Gasteiger partial charge >= 0.3 is 0 Å². The number of hydrogen-bond acceptors (Lipinski definition) is 3. The minimum atomic E-state index is -0.169. The van der Waals surface area contributed by atoms with E-state index >= 15 is 0 Å². The molecule has 24 heavy (non-hydrogen) atoms. The molecule has 0 bridgehead atoms. The first-order chi connectivity index (χ1) is 11.5. The Morgan fingerprint density at radius 2 is 1.92 bits per heavy atom. The van der Waals surface area contributed by atoms with E-state index in [4.69, 9.17) is 9.47 Å². The standard InChI is InChI=1S/C18H19I2NO3/c1-3-8-24-17-15(20)9-12(10-16(17)23-4-2)18(22)21-14-7-5-6-13(19)11-14/h5-7,9-11H,3-4,8H2,1-2H3,(H,21,22). The predicted octanol–water partition coefficient (Wildman–Crippen LogP) is 5.34. The fraction of sp³-hybridized carbons (Fsp3) is 0.278. The molecule has 0 aromatic heterocycles. The Morgan fingerprint density at radius 1 is 1.12 bits per heavy atom. The van der Waals surface area contributed by atoms with Crippen LogP contribution < -0.4 is 14.8 Å². The second kappa shape index (κ2) is 9.45. The number of amides is 1. The highest BCUT2D eigenvalue weighted by Crippen LogP contribution is 2.34. The number of carbonyl (C=O) groups is 1. The van der Waals surface area contributed by atoms with E-state index in [2.05, 4.69) is 57.4 Å². The van der Waals surface area contributed by atoms with E-state index < -0.39 is 0 Å². The molecule has 0 unspecified atom stereocenters. The molecule has 1 N–H and O–H groups in total. The van der Waals surface area contributed by atoms with Crippen molar-refractivity contribution in [2.24, 2.45) is 0 Å². The van der Waals surface area contributed by atoms with E-state index in [0.29, 0.717) is 30.3 Å². The second-order valence-electron chi connectivity index (χ2n) is 5.03. The molecule has 4 nitrogen and oxygen atoms in total. The molecular formula is C18H19I2NO3. The van der Waals surface area contributed by atoms with Crippen molar-refractivity contribution in [3.05, 3.63) is 49.1 Å². The summed E-state index contributed by atoms with van der Waals surface area (Å²) in [7, 11) is 0. The van der Waals surface area contributed by atoms with Gasteiger partial charge in [-0.1, -0.05) is 13.0 Å². The summed E-state index contributed by atoms with van der Waals surface area (Å²) >= 11 is 4.39. The van der Waals surface area contributed by atoms with Crippen molar-refractivity contribution < 1.29 is 14.3 Å². The number of nitrogens with one attached hydrogen (secondary N) is 1. The number of halogens is 2. The predicted molar refractivity (Wildman–Crippen MR) is 113 cm³/mol. The van der Waals surface area contributed by atoms with Gasteiger partial charge in [0.2, 0.25) is 0 Å². The van der Waals surface area contributed by atoms with Crippen LogP contribution in [0.15, 0.2) is 36.4 Å². The highest BCUT2D eigenvalue weighted by Gasteiger charge is 2.16. The number of ether oxygens (including phenoxy) is 2. The Morgan fingerprint density at radius 3 is 2.58 bits per heavy atom. The first kappa shape index (κ1) is 19.3. The molecule has 0 aliphatic rings. The number of anilines is 1. The maximum absolute atomic E-state index is 12.5. The van der Waals surface area contributed by atoms with Crippen LogP contribution in [0, 0.1) is 7.14 Å². The van der Waals surface area contributed by atoms with Crippen molar-refractivity contribution >= 4 is 56.8 Å². The van der Waals surface area contributed by atoms with Gasteiger partial charge in [-0.15, -0.1) is 0 Å². The van der Waals surface area contributed by atoms with Crippen molar-refractivity contribution in [3.8, 4) is 11.5 Å². The van der Waals surface area contributed by atoms with Gasteiger partial charge in [0.25, 0.3) is 5.91 Å². The van der Waals surface area contributed by atoms with Crippen LogP contribution in [-0.4, -0.2) is 19.1 Å². The molecule has 0 aliphatic heterocycles. The van der Waals surface area contributed by atoms with Crippen LogP contribution in [0.2, 0.25) is 0 Å². The quantitative estimate of drug-likeness (QED) is 0.474. The zero-order chi connectivity index (χ0) is 17.5. The third-order valence-corrected chi connectivity index (χ3v) is 4.58. The number of benzene rings is 2. The van der Waals surface area contributed by atoms with Crippen molar-refractivity contribution in [1.29, 1.82) is 0 Å². The van der Waals surface area contributed by atoms with E-state index in [-0.39, 0.29) is 5.91 Å². The zero-order valence-electron chi connectivity index (χ0n) is 13.6. The lowest BCUT2D eigenvalue weighted by Gasteiger charge is -2.15. The van der Waals surface area contributed by atoms with Gasteiger partial charge in [0, 0.05) is 14.8 Å². The molecule has 1 amide bonds. The molecule has 0 saturated carbocycles. The lowest BCUT2D eigenvalue weighted by molar-refractivity contribution is 0.102. The molecular weight excluding hydrogens is 532 g/mol. The van der Waals surface area contributed by atoms with E-state index in [9.17, 15) is 4.79 Å². The van der Waals surface area contributed by atoms with Gasteiger partial charge in [-0.2, -0.15) is 0 Å². The van der Waals surface area contributed by atoms with Crippen LogP contribution >= 0.6 is 45.2 Å². The molecule has 0 atom stereocenters. The van der Waals surface area contributed by atoms with E-state index in [1.165, 1.54) is 0 Å². The van der Waals surface area contributed by atoms with Gasteiger partial charge in [0.1, 0.15) is 0 Å². The maximum Gasteiger partial charge on any atom is 0.255 e. The fourth-order valence-corrected chi connectivity index (χ4v) is 3.38. The van der Waals surface area contributed by atoms with Crippen LogP contribution in [0.4, 0.5) is 5.69 Å². The molecule has 6 heteroatoms. The van der Waals surface area contributed by atoms with Crippen LogP contribution in [0.3, 0.4) is 0 Å². The lowest BCUT2D eigenvalue weighted by atomic mass is 10.1. The summed E-state index contributed by atoms with van der Waals surface area (Å²) in [6, 6.07) is 11.2. The summed E-state index contributed by atoms with van der Waals surface area (Å²) in [6.45, 7) is 5.09. The first-order valence-electron chi connectivity index (χ1n) is 7.71. The number of carbonyl (C=O) groups excluding carboxylic acids is 1. The third-order valence-electron chi connectivity index (χ3n) is 3.10. The SMILES string of the molecule is CCCOc1c(I)cc(C(=O)Nc2cccc(I)c2)cc1OCC. The largest absolute Gasteiger partial charge is 0.490 e. The first-order valence-corrected chi connectivity index (χ1v) is 9.87. The minimum absolute atomic E-state index is 0.169. The Labute approximate surface area is 169 Å². The Balaban J connectivity index is 2.27. The molecule has 0 saturated heterocycles. The van der Waals surface area contributed by atoms with Crippen molar-refractivity contribution in [3.63, 3.8) is 0 Å². The molecule has 0 spiro atoms. The number of rotatable bonds is 7. The second-order valence-corrected chi connectivity index (χ2v) is 7.44. The monoisotopic (exact) mass is 551 g/mol. The van der Waals surface area contributed by atoms with E-state index in [1.807, 2.05) is 37.3 Å². The van der Waals surface area contributed by atoms with Crippen molar-refractivity contribution in [2.45, 2.75) is 20.3 Å². The van der Waals surface area contributed by atoms with Crippen LogP contribution in [-0.2, 0) is 0 Å².